The standard InChI is InChI=1S/C15H21N3O/c1-11(2)18-14(9-12-5-4-8-19-10-12)17-13-6-3-7-16-15(13)18/h3,6-7,11-12H,4-5,8-10H2,1-2H3. The number of ether oxygens (including phenoxy) is 1. The van der Waals surface area contributed by atoms with Gasteiger partial charge in [0.2, 0.25) is 0 Å². The van der Waals surface area contributed by atoms with Crippen LogP contribution in [0.3, 0.4) is 0 Å². The van der Waals surface area contributed by atoms with E-state index < -0.39 is 0 Å². The van der Waals surface area contributed by atoms with Crippen molar-refractivity contribution < 1.29 is 4.74 Å². The van der Waals surface area contributed by atoms with Crippen molar-refractivity contribution in [3.63, 3.8) is 0 Å². The smallest absolute Gasteiger partial charge is 0.160 e. The van der Waals surface area contributed by atoms with E-state index >= 15 is 0 Å². The highest BCUT2D eigenvalue weighted by atomic mass is 16.5. The zero-order valence-corrected chi connectivity index (χ0v) is 11.7. The predicted molar refractivity (Wildman–Crippen MR) is 75.2 cm³/mol. The Morgan fingerprint density at radius 3 is 3.11 bits per heavy atom. The lowest BCUT2D eigenvalue weighted by atomic mass is 9.98. The van der Waals surface area contributed by atoms with E-state index in [9.17, 15) is 0 Å². The van der Waals surface area contributed by atoms with E-state index in [0.29, 0.717) is 12.0 Å². The third-order valence-corrected chi connectivity index (χ3v) is 3.76. The number of nitrogens with zero attached hydrogens (tertiary/aromatic N) is 3. The first-order valence-corrected chi connectivity index (χ1v) is 7.15. The van der Waals surface area contributed by atoms with Crippen molar-refractivity contribution in [1.82, 2.24) is 14.5 Å². The molecule has 0 saturated carbocycles. The van der Waals surface area contributed by atoms with Crippen molar-refractivity contribution in [3.05, 3.63) is 24.2 Å². The Kier molecular flexibility index (Phi) is 3.51. The molecule has 2 aromatic heterocycles. The maximum absolute atomic E-state index is 5.58. The molecule has 1 aliphatic rings. The number of rotatable bonds is 3. The highest BCUT2D eigenvalue weighted by Crippen LogP contribution is 2.24. The largest absolute Gasteiger partial charge is 0.381 e. The van der Waals surface area contributed by atoms with Crippen LogP contribution in [0, 0.1) is 5.92 Å². The number of aromatic nitrogens is 3. The van der Waals surface area contributed by atoms with Crippen LogP contribution in [0.25, 0.3) is 11.2 Å². The molecule has 0 aliphatic carbocycles. The van der Waals surface area contributed by atoms with E-state index in [1.54, 1.807) is 0 Å². The van der Waals surface area contributed by atoms with Crippen LogP contribution in [0.2, 0.25) is 0 Å². The minimum Gasteiger partial charge on any atom is -0.381 e. The summed E-state index contributed by atoms with van der Waals surface area (Å²) in [6.07, 6.45) is 5.25. The molecule has 0 N–H and O–H groups in total. The van der Waals surface area contributed by atoms with Crippen LogP contribution >= 0.6 is 0 Å². The molecule has 0 aromatic carbocycles. The number of imidazole rings is 1. The Hall–Kier alpha value is -1.42. The van der Waals surface area contributed by atoms with Gasteiger partial charge in [-0.25, -0.2) is 9.97 Å². The second-order valence-corrected chi connectivity index (χ2v) is 5.63. The van der Waals surface area contributed by atoms with Gasteiger partial charge in [-0.3, -0.25) is 0 Å². The average molecular weight is 259 g/mol. The molecule has 4 heteroatoms. The van der Waals surface area contributed by atoms with Gasteiger partial charge in [0.1, 0.15) is 11.3 Å². The summed E-state index contributed by atoms with van der Waals surface area (Å²) in [6.45, 7) is 6.17. The summed E-state index contributed by atoms with van der Waals surface area (Å²) in [6, 6.07) is 4.38. The minimum absolute atomic E-state index is 0.388. The molecule has 2 aromatic rings. The molecule has 3 rings (SSSR count). The Morgan fingerprint density at radius 2 is 2.37 bits per heavy atom. The molecule has 1 fully saturated rings. The van der Waals surface area contributed by atoms with Gasteiger partial charge in [-0.05, 0) is 44.7 Å². The molecule has 1 unspecified atom stereocenters. The number of pyridine rings is 1. The second kappa shape index (κ2) is 5.29. The molecule has 1 saturated heterocycles. The normalized spacial score (nSPS) is 20.3. The third kappa shape index (κ3) is 2.50. The van der Waals surface area contributed by atoms with Crippen LogP contribution < -0.4 is 0 Å². The van der Waals surface area contributed by atoms with Crippen LogP contribution in [-0.4, -0.2) is 27.7 Å². The van der Waals surface area contributed by atoms with Gasteiger partial charge in [0, 0.05) is 31.9 Å². The minimum atomic E-state index is 0.388. The van der Waals surface area contributed by atoms with Crippen molar-refractivity contribution >= 4 is 11.2 Å². The molecule has 102 valence electrons. The summed E-state index contributed by atoms with van der Waals surface area (Å²) >= 11 is 0. The lowest BCUT2D eigenvalue weighted by Crippen LogP contribution is -2.21. The predicted octanol–water partition coefficient (Wildman–Crippen LogP) is 2.98. The van der Waals surface area contributed by atoms with Crippen LogP contribution in [0.1, 0.15) is 38.6 Å². The molecule has 0 spiro atoms. The van der Waals surface area contributed by atoms with E-state index in [4.69, 9.17) is 9.72 Å². The first-order valence-electron chi connectivity index (χ1n) is 7.15. The zero-order valence-electron chi connectivity index (χ0n) is 11.7. The van der Waals surface area contributed by atoms with Crippen molar-refractivity contribution in [2.45, 2.75) is 39.2 Å². The lowest BCUT2D eigenvalue weighted by Gasteiger charge is -2.22. The zero-order chi connectivity index (χ0) is 13.2. The van der Waals surface area contributed by atoms with Crippen LogP contribution in [0.5, 0.6) is 0 Å². The highest BCUT2D eigenvalue weighted by molar-refractivity contribution is 5.71. The molecule has 1 aliphatic heterocycles. The Labute approximate surface area is 113 Å². The van der Waals surface area contributed by atoms with Crippen molar-refractivity contribution in [3.8, 4) is 0 Å². The summed E-state index contributed by atoms with van der Waals surface area (Å²) in [7, 11) is 0. The van der Waals surface area contributed by atoms with E-state index in [1.165, 1.54) is 12.8 Å². The highest BCUT2D eigenvalue weighted by Gasteiger charge is 2.20. The van der Waals surface area contributed by atoms with Crippen molar-refractivity contribution in [1.29, 1.82) is 0 Å². The van der Waals surface area contributed by atoms with Gasteiger partial charge >= 0.3 is 0 Å². The quantitative estimate of drug-likeness (QED) is 0.850. The Morgan fingerprint density at radius 1 is 1.47 bits per heavy atom. The van der Waals surface area contributed by atoms with E-state index in [2.05, 4.69) is 23.4 Å². The fourth-order valence-corrected chi connectivity index (χ4v) is 2.89. The SMILES string of the molecule is CC(C)n1c(CC2CCCOC2)nc2cccnc21. The van der Waals surface area contributed by atoms with E-state index in [1.807, 2.05) is 18.3 Å². The second-order valence-electron chi connectivity index (χ2n) is 5.63. The summed E-state index contributed by atoms with van der Waals surface area (Å²) < 4.78 is 7.84. The molecule has 3 heterocycles. The van der Waals surface area contributed by atoms with Crippen LogP contribution in [0.15, 0.2) is 18.3 Å². The van der Waals surface area contributed by atoms with Gasteiger partial charge in [-0.2, -0.15) is 0 Å². The maximum atomic E-state index is 5.58. The summed E-state index contributed by atoms with van der Waals surface area (Å²) in [5.74, 6) is 1.75. The topological polar surface area (TPSA) is 39.9 Å². The Balaban J connectivity index is 1.95. The molecule has 19 heavy (non-hydrogen) atoms. The fraction of sp³-hybridized carbons (Fsp3) is 0.600. The van der Waals surface area contributed by atoms with Gasteiger partial charge < -0.3 is 9.30 Å². The number of hydrogen-bond acceptors (Lipinski definition) is 3. The molecule has 0 amide bonds. The summed E-state index contributed by atoms with van der Waals surface area (Å²) in [5, 5.41) is 0. The van der Waals surface area contributed by atoms with Gasteiger partial charge in [0.05, 0.1) is 0 Å². The molecule has 0 bridgehead atoms. The Bertz CT molecular complexity index is 556. The van der Waals surface area contributed by atoms with Crippen molar-refractivity contribution in [2.24, 2.45) is 5.92 Å². The first kappa shape index (κ1) is 12.6. The molecular formula is C15H21N3O. The van der Waals surface area contributed by atoms with Crippen LogP contribution in [-0.2, 0) is 11.2 Å². The van der Waals surface area contributed by atoms with Gasteiger partial charge in [-0.1, -0.05) is 0 Å². The number of fused-ring (bicyclic) bond motifs is 1. The summed E-state index contributed by atoms with van der Waals surface area (Å²) in [5.41, 5.74) is 2.01. The molecule has 1 atom stereocenters. The van der Waals surface area contributed by atoms with Crippen LogP contribution in [0.4, 0.5) is 0 Å². The van der Waals surface area contributed by atoms with Crippen molar-refractivity contribution in [2.75, 3.05) is 13.2 Å². The van der Waals surface area contributed by atoms with Gasteiger partial charge in [0.25, 0.3) is 0 Å². The van der Waals surface area contributed by atoms with E-state index in [0.717, 1.165) is 36.6 Å². The molecule has 0 radical (unpaired) electrons. The maximum Gasteiger partial charge on any atom is 0.160 e. The number of hydrogen-bond donors (Lipinski definition) is 0. The van der Waals surface area contributed by atoms with Gasteiger partial charge in [-0.15, -0.1) is 0 Å². The third-order valence-electron chi connectivity index (χ3n) is 3.76. The van der Waals surface area contributed by atoms with E-state index in [-0.39, 0.29) is 0 Å². The molecular weight excluding hydrogens is 238 g/mol. The fourth-order valence-electron chi connectivity index (χ4n) is 2.89. The monoisotopic (exact) mass is 259 g/mol. The van der Waals surface area contributed by atoms with Gasteiger partial charge in [0.15, 0.2) is 5.65 Å². The lowest BCUT2D eigenvalue weighted by molar-refractivity contribution is 0.0539. The summed E-state index contributed by atoms with van der Waals surface area (Å²) in [4.78, 5) is 9.26. The first-order chi connectivity index (χ1) is 9.25. The average Bonchev–Trinajstić information content (AvgIpc) is 2.77. The molecule has 4 nitrogen and oxygen atoms in total.